The molecule has 6 nitrogen and oxygen atoms in total. The number of halogens is 1. The van der Waals surface area contributed by atoms with Crippen LogP contribution in [0.4, 0.5) is 5.69 Å². The first-order valence-electron chi connectivity index (χ1n) is 9.17. The van der Waals surface area contributed by atoms with Crippen molar-refractivity contribution in [3.63, 3.8) is 0 Å². The summed E-state index contributed by atoms with van der Waals surface area (Å²) >= 11 is 0. The number of hydrogen-bond acceptors (Lipinski definition) is 4. The molecule has 0 heterocycles. The molecule has 2 saturated carbocycles. The Hall–Kier alpha value is -1.66. The van der Waals surface area contributed by atoms with E-state index in [-0.39, 0.29) is 46.9 Å². The Balaban J connectivity index is 0.00000243. The number of nitro groups is 1. The van der Waals surface area contributed by atoms with Crippen LogP contribution in [0.5, 0.6) is 0 Å². The predicted octanol–water partition coefficient (Wildman–Crippen LogP) is 3.66. The van der Waals surface area contributed by atoms with Gasteiger partial charge in [-0.05, 0) is 56.9 Å². The maximum Gasteiger partial charge on any atom is 0.272 e. The van der Waals surface area contributed by atoms with Crippen molar-refractivity contribution in [2.45, 2.75) is 58.0 Å². The molecule has 3 rings (SSSR count). The topological polar surface area (TPSA) is 98.3 Å². The smallest absolute Gasteiger partial charge is 0.272 e. The maximum absolute atomic E-state index is 12.7. The summed E-state index contributed by atoms with van der Waals surface area (Å²) in [6.45, 7) is 3.59. The van der Waals surface area contributed by atoms with Gasteiger partial charge in [0.05, 0.1) is 11.0 Å². The van der Waals surface area contributed by atoms with Gasteiger partial charge in [0.25, 0.3) is 5.69 Å². The standard InChI is InChI=1S/C19H27N3O3.ClH/c1-11-6-7-13(10-17(11)22(24)25)12(2)21-19(23)16-8-14-4-3-5-15(9-16)18(14)20;/h6-7,10,12,14-16,18H,3-5,8-9,20H2,1-2H3,(H,21,23);1H. The molecule has 2 aliphatic carbocycles. The number of fused-ring (bicyclic) bond motifs is 2. The summed E-state index contributed by atoms with van der Waals surface area (Å²) in [4.78, 5) is 23.5. The molecule has 26 heavy (non-hydrogen) atoms. The molecule has 2 bridgehead atoms. The monoisotopic (exact) mass is 381 g/mol. The average molecular weight is 382 g/mol. The Morgan fingerprint density at radius 3 is 2.50 bits per heavy atom. The summed E-state index contributed by atoms with van der Waals surface area (Å²) < 4.78 is 0. The molecule has 2 fully saturated rings. The summed E-state index contributed by atoms with van der Waals surface area (Å²) in [6, 6.07) is 5.14. The van der Waals surface area contributed by atoms with E-state index in [1.54, 1.807) is 19.1 Å². The zero-order valence-electron chi connectivity index (χ0n) is 15.3. The van der Waals surface area contributed by atoms with Crippen molar-refractivity contribution in [1.29, 1.82) is 0 Å². The van der Waals surface area contributed by atoms with Crippen LogP contribution in [0, 0.1) is 34.8 Å². The Morgan fingerprint density at radius 1 is 1.31 bits per heavy atom. The van der Waals surface area contributed by atoms with Crippen molar-refractivity contribution in [2.24, 2.45) is 23.5 Å². The number of nitrogens with zero attached hydrogens (tertiary/aromatic N) is 1. The molecule has 2 aliphatic rings. The number of nitrogens with one attached hydrogen (secondary N) is 1. The fourth-order valence-electron chi connectivity index (χ4n) is 4.51. The lowest BCUT2D eigenvalue weighted by atomic mass is 9.65. The van der Waals surface area contributed by atoms with Gasteiger partial charge in [-0.1, -0.05) is 18.6 Å². The first-order chi connectivity index (χ1) is 11.9. The number of nitrogens with two attached hydrogens (primary N) is 1. The number of amides is 1. The third-order valence-electron chi connectivity index (χ3n) is 6.07. The van der Waals surface area contributed by atoms with Gasteiger partial charge in [-0.15, -0.1) is 12.4 Å². The highest BCUT2D eigenvalue weighted by molar-refractivity contribution is 5.85. The van der Waals surface area contributed by atoms with Crippen LogP contribution in [-0.4, -0.2) is 16.9 Å². The Morgan fingerprint density at radius 2 is 1.92 bits per heavy atom. The van der Waals surface area contributed by atoms with E-state index in [0.717, 1.165) is 31.2 Å². The minimum atomic E-state index is -0.378. The third kappa shape index (κ3) is 4.18. The molecule has 3 atom stereocenters. The molecule has 0 radical (unpaired) electrons. The van der Waals surface area contributed by atoms with E-state index < -0.39 is 0 Å². The number of nitro benzene ring substituents is 1. The molecule has 3 unspecified atom stereocenters. The molecule has 0 aliphatic heterocycles. The zero-order chi connectivity index (χ0) is 18.1. The summed E-state index contributed by atoms with van der Waals surface area (Å²) in [5.41, 5.74) is 7.79. The van der Waals surface area contributed by atoms with Crippen molar-refractivity contribution in [1.82, 2.24) is 5.32 Å². The van der Waals surface area contributed by atoms with Crippen LogP contribution in [0.15, 0.2) is 18.2 Å². The summed E-state index contributed by atoms with van der Waals surface area (Å²) in [7, 11) is 0. The summed E-state index contributed by atoms with van der Waals surface area (Å²) in [5.74, 6) is 0.982. The van der Waals surface area contributed by atoms with Crippen LogP contribution in [0.2, 0.25) is 0 Å². The highest BCUT2D eigenvalue weighted by Gasteiger charge is 2.40. The lowest BCUT2D eigenvalue weighted by Crippen LogP contribution is -2.49. The molecule has 1 aromatic carbocycles. The van der Waals surface area contributed by atoms with Crippen molar-refractivity contribution in [3.8, 4) is 0 Å². The van der Waals surface area contributed by atoms with E-state index in [9.17, 15) is 14.9 Å². The van der Waals surface area contributed by atoms with Crippen molar-refractivity contribution >= 4 is 24.0 Å². The quantitative estimate of drug-likeness (QED) is 0.614. The number of aryl methyl sites for hydroxylation is 1. The molecule has 3 N–H and O–H groups in total. The van der Waals surface area contributed by atoms with E-state index in [0.29, 0.717) is 17.4 Å². The van der Waals surface area contributed by atoms with Crippen LogP contribution in [-0.2, 0) is 4.79 Å². The van der Waals surface area contributed by atoms with E-state index in [2.05, 4.69) is 5.32 Å². The summed E-state index contributed by atoms with van der Waals surface area (Å²) in [5, 5.41) is 14.2. The number of rotatable bonds is 4. The zero-order valence-corrected chi connectivity index (χ0v) is 16.1. The van der Waals surface area contributed by atoms with Crippen LogP contribution in [0.1, 0.15) is 56.2 Å². The van der Waals surface area contributed by atoms with E-state index in [1.165, 1.54) is 6.42 Å². The molecule has 0 saturated heterocycles. The number of benzene rings is 1. The maximum atomic E-state index is 12.7. The van der Waals surface area contributed by atoms with Crippen LogP contribution >= 0.6 is 12.4 Å². The van der Waals surface area contributed by atoms with Crippen molar-refractivity contribution in [3.05, 3.63) is 39.4 Å². The van der Waals surface area contributed by atoms with Gasteiger partial charge in [0.1, 0.15) is 0 Å². The predicted molar refractivity (Wildman–Crippen MR) is 103 cm³/mol. The number of carbonyl (C=O) groups is 1. The highest BCUT2D eigenvalue weighted by Crippen LogP contribution is 2.42. The number of carbonyl (C=O) groups excluding carboxylic acids is 1. The van der Waals surface area contributed by atoms with E-state index >= 15 is 0 Å². The van der Waals surface area contributed by atoms with Gasteiger partial charge in [0.2, 0.25) is 5.91 Å². The molecular weight excluding hydrogens is 354 g/mol. The van der Waals surface area contributed by atoms with Crippen LogP contribution < -0.4 is 11.1 Å². The lowest BCUT2D eigenvalue weighted by Gasteiger charge is -2.43. The Kier molecular flexibility index (Phi) is 6.64. The lowest BCUT2D eigenvalue weighted by molar-refractivity contribution is -0.385. The van der Waals surface area contributed by atoms with Crippen LogP contribution in [0.3, 0.4) is 0 Å². The van der Waals surface area contributed by atoms with Crippen LogP contribution in [0.25, 0.3) is 0 Å². The van der Waals surface area contributed by atoms with E-state index in [1.807, 2.05) is 13.0 Å². The average Bonchev–Trinajstić information content (AvgIpc) is 2.54. The first kappa shape index (κ1) is 20.6. The second-order valence-corrected chi connectivity index (χ2v) is 7.73. The van der Waals surface area contributed by atoms with Gasteiger partial charge in [-0.3, -0.25) is 14.9 Å². The highest BCUT2D eigenvalue weighted by atomic mass is 35.5. The molecule has 0 spiro atoms. The number of hydrogen-bond donors (Lipinski definition) is 2. The minimum Gasteiger partial charge on any atom is -0.349 e. The molecular formula is C19H28ClN3O3. The van der Waals surface area contributed by atoms with Gasteiger partial charge in [0, 0.05) is 23.6 Å². The fraction of sp³-hybridized carbons (Fsp3) is 0.632. The van der Waals surface area contributed by atoms with Gasteiger partial charge >= 0.3 is 0 Å². The fourth-order valence-corrected chi connectivity index (χ4v) is 4.51. The largest absolute Gasteiger partial charge is 0.349 e. The first-order valence-corrected chi connectivity index (χ1v) is 9.17. The molecule has 7 heteroatoms. The SMILES string of the molecule is Cc1ccc(C(C)NC(=O)C2CC3CCCC(C2)C3N)cc1[N+](=O)[O-].Cl. The van der Waals surface area contributed by atoms with Crippen molar-refractivity contribution in [2.75, 3.05) is 0 Å². The molecule has 1 aromatic rings. The molecule has 1 amide bonds. The Bertz CT molecular complexity index is 668. The third-order valence-corrected chi connectivity index (χ3v) is 6.07. The second-order valence-electron chi connectivity index (χ2n) is 7.73. The minimum absolute atomic E-state index is 0. The van der Waals surface area contributed by atoms with Crippen molar-refractivity contribution < 1.29 is 9.72 Å². The van der Waals surface area contributed by atoms with Gasteiger partial charge in [-0.2, -0.15) is 0 Å². The second kappa shape index (κ2) is 8.35. The Labute approximate surface area is 160 Å². The van der Waals surface area contributed by atoms with Gasteiger partial charge < -0.3 is 11.1 Å². The van der Waals surface area contributed by atoms with Gasteiger partial charge in [0.15, 0.2) is 0 Å². The van der Waals surface area contributed by atoms with Gasteiger partial charge in [-0.25, -0.2) is 0 Å². The molecule has 0 aromatic heterocycles. The molecule has 144 valence electrons. The normalized spacial score (nSPS) is 28.6. The van der Waals surface area contributed by atoms with E-state index in [4.69, 9.17) is 5.73 Å². The summed E-state index contributed by atoms with van der Waals surface area (Å²) in [6.07, 6.45) is 5.21.